The average Bonchev–Trinajstić information content (AvgIpc) is 2.69. The first-order chi connectivity index (χ1) is 12.6. The molecule has 0 spiro atoms. The number of benzene rings is 1. The van der Waals surface area contributed by atoms with Crippen molar-refractivity contribution < 1.29 is 8.78 Å². The number of rotatable bonds is 7. The smallest absolute Gasteiger partial charge is 0.201 e. The molecule has 146 valence electrons. The third-order valence-corrected chi connectivity index (χ3v) is 6.94. The molecule has 0 heterocycles. The Morgan fingerprint density at radius 3 is 2.27 bits per heavy atom. The van der Waals surface area contributed by atoms with Crippen molar-refractivity contribution in [2.75, 3.05) is 0 Å². The van der Waals surface area contributed by atoms with E-state index in [-0.39, 0.29) is 0 Å². The summed E-state index contributed by atoms with van der Waals surface area (Å²) in [5, 5.41) is 0. The van der Waals surface area contributed by atoms with E-state index in [9.17, 15) is 0 Å². The summed E-state index contributed by atoms with van der Waals surface area (Å²) in [6, 6.07) is 7.49. The van der Waals surface area contributed by atoms with Crippen molar-refractivity contribution in [3.63, 3.8) is 0 Å². The van der Waals surface area contributed by atoms with Gasteiger partial charge in [0.1, 0.15) is 0 Å². The Morgan fingerprint density at radius 2 is 1.58 bits per heavy atom. The first-order valence-corrected chi connectivity index (χ1v) is 11.1. The van der Waals surface area contributed by atoms with Crippen molar-refractivity contribution >= 4 is 0 Å². The summed E-state index contributed by atoms with van der Waals surface area (Å²) in [5.74, 6) is -1.95. The maximum absolute atomic E-state index is 15.3. The topological polar surface area (TPSA) is 0 Å². The molecule has 2 fully saturated rings. The number of unbranched alkanes of at least 4 members (excludes halogenated alkanes) is 2. The lowest BCUT2D eigenvalue weighted by molar-refractivity contribution is -0.0787. The van der Waals surface area contributed by atoms with E-state index >= 15 is 8.78 Å². The molecule has 0 aliphatic heterocycles. The summed E-state index contributed by atoms with van der Waals surface area (Å²) in [6.45, 7) is 2.25. The Labute approximate surface area is 158 Å². The molecular formula is C24H36F2. The fourth-order valence-corrected chi connectivity index (χ4v) is 5.29. The highest BCUT2D eigenvalue weighted by molar-refractivity contribution is 5.35. The van der Waals surface area contributed by atoms with Crippen LogP contribution in [0, 0.1) is 11.8 Å². The first kappa shape index (κ1) is 19.8. The lowest BCUT2D eigenvalue weighted by atomic mass is 9.73. The zero-order chi connectivity index (χ0) is 18.4. The Bertz CT molecular complexity index is 537. The molecule has 2 saturated carbocycles. The number of hydrogen-bond donors (Lipinski definition) is 0. The summed E-state index contributed by atoms with van der Waals surface area (Å²) >= 11 is 0. The largest absolute Gasteiger partial charge is 0.276 e. The van der Waals surface area contributed by atoms with Gasteiger partial charge >= 0.3 is 0 Å². The molecule has 2 heteroatoms. The average molecular weight is 363 g/mol. The molecule has 0 N–H and O–H groups in total. The Morgan fingerprint density at radius 1 is 0.885 bits per heavy atom. The zero-order valence-electron chi connectivity index (χ0n) is 16.5. The summed E-state index contributed by atoms with van der Waals surface area (Å²) in [4.78, 5) is 0. The van der Waals surface area contributed by atoms with Gasteiger partial charge in [0.25, 0.3) is 5.92 Å². The number of alkyl halides is 2. The molecule has 0 unspecified atom stereocenters. The van der Waals surface area contributed by atoms with Crippen LogP contribution in [0.4, 0.5) is 8.78 Å². The maximum atomic E-state index is 15.3. The quantitative estimate of drug-likeness (QED) is 0.429. The Hall–Kier alpha value is -0.920. The van der Waals surface area contributed by atoms with Crippen LogP contribution in [0.1, 0.15) is 107 Å². The van der Waals surface area contributed by atoms with Crippen molar-refractivity contribution in [1.82, 2.24) is 0 Å². The van der Waals surface area contributed by atoms with Crippen molar-refractivity contribution in [3.05, 3.63) is 35.4 Å². The normalized spacial score (nSPS) is 25.3. The van der Waals surface area contributed by atoms with E-state index < -0.39 is 11.8 Å². The van der Waals surface area contributed by atoms with Crippen molar-refractivity contribution in [1.29, 1.82) is 0 Å². The molecular weight excluding hydrogens is 326 g/mol. The van der Waals surface area contributed by atoms with Gasteiger partial charge in [0.05, 0.1) is 0 Å². The lowest BCUT2D eigenvalue weighted by Crippen LogP contribution is -2.29. The second-order valence-corrected chi connectivity index (χ2v) is 8.76. The van der Waals surface area contributed by atoms with E-state index in [1.54, 1.807) is 6.07 Å². The van der Waals surface area contributed by atoms with E-state index in [1.807, 2.05) is 18.2 Å². The van der Waals surface area contributed by atoms with Crippen LogP contribution in [0.15, 0.2) is 24.3 Å². The highest BCUT2D eigenvalue weighted by Gasteiger charge is 2.43. The van der Waals surface area contributed by atoms with Gasteiger partial charge in [-0.15, -0.1) is 0 Å². The Balaban J connectivity index is 1.68. The summed E-state index contributed by atoms with van der Waals surface area (Å²) < 4.78 is 30.7. The number of hydrogen-bond acceptors (Lipinski definition) is 0. The van der Waals surface area contributed by atoms with Crippen LogP contribution in [0.25, 0.3) is 0 Å². The minimum atomic E-state index is -2.66. The predicted octanol–water partition coefficient (Wildman–Crippen LogP) is 8.21. The van der Waals surface area contributed by atoms with Crippen molar-refractivity contribution in [2.24, 2.45) is 11.8 Å². The molecule has 0 bridgehead atoms. The van der Waals surface area contributed by atoms with E-state index in [0.29, 0.717) is 24.3 Å². The zero-order valence-corrected chi connectivity index (χ0v) is 16.5. The van der Waals surface area contributed by atoms with Crippen LogP contribution in [0.5, 0.6) is 0 Å². The van der Waals surface area contributed by atoms with Crippen LogP contribution in [-0.2, 0) is 5.92 Å². The lowest BCUT2D eigenvalue weighted by Gasteiger charge is -2.35. The molecule has 0 atom stereocenters. The van der Waals surface area contributed by atoms with Gasteiger partial charge in [-0.1, -0.05) is 76.1 Å². The van der Waals surface area contributed by atoms with Crippen molar-refractivity contribution in [2.45, 2.75) is 102 Å². The van der Waals surface area contributed by atoms with Gasteiger partial charge in [0.15, 0.2) is 0 Å². The molecule has 3 rings (SSSR count). The fourth-order valence-electron chi connectivity index (χ4n) is 5.29. The van der Waals surface area contributed by atoms with Gasteiger partial charge in [0, 0.05) is 11.5 Å². The minimum absolute atomic E-state index is 0.336. The van der Waals surface area contributed by atoms with Gasteiger partial charge in [-0.25, -0.2) is 8.78 Å². The van der Waals surface area contributed by atoms with Gasteiger partial charge in [-0.3, -0.25) is 0 Å². The Kier molecular flexibility index (Phi) is 7.12. The van der Waals surface area contributed by atoms with Crippen LogP contribution in [0.2, 0.25) is 0 Å². The first-order valence-electron chi connectivity index (χ1n) is 11.1. The molecule has 2 aliphatic rings. The summed E-state index contributed by atoms with van der Waals surface area (Å²) in [7, 11) is 0. The standard InChI is InChI=1S/C24H36F2/c1-2-3-5-10-19-15-17-20(18-16-19)22-13-8-9-14-23(22)24(25,26)21-11-6-4-7-12-21/h8-9,13-14,19-21H,2-7,10-12,15-18H2,1H3/t19-,20-. The minimum Gasteiger partial charge on any atom is -0.201 e. The van der Waals surface area contributed by atoms with Crippen LogP contribution in [0.3, 0.4) is 0 Å². The van der Waals surface area contributed by atoms with Gasteiger partial charge in [0.2, 0.25) is 0 Å². The van der Waals surface area contributed by atoms with Gasteiger partial charge in [-0.2, -0.15) is 0 Å². The SMILES string of the molecule is CCCCC[C@H]1CC[C@H](c2ccccc2C(F)(F)C2CCCCC2)CC1. The molecule has 0 aromatic heterocycles. The highest BCUT2D eigenvalue weighted by Crippen LogP contribution is 2.48. The third-order valence-electron chi connectivity index (χ3n) is 6.94. The number of halogens is 2. The van der Waals surface area contributed by atoms with Crippen LogP contribution < -0.4 is 0 Å². The van der Waals surface area contributed by atoms with Gasteiger partial charge < -0.3 is 0 Å². The monoisotopic (exact) mass is 362 g/mol. The molecule has 26 heavy (non-hydrogen) atoms. The van der Waals surface area contributed by atoms with Crippen LogP contribution >= 0.6 is 0 Å². The summed E-state index contributed by atoms with van der Waals surface area (Å²) in [5.41, 5.74) is 1.30. The van der Waals surface area contributed by atoms with E-state index in [2.05, 4.69) is 6.92 Å². The predicted molar refractivity (Wildman–Crippen MR) is 106 cm³/mol. The van der Waals surface area contributed by atoms with Gasteiger partial charge in [-0.05, 0) is 55.9 Å². The molecule has 0 nitrogen and oxygen atoms in total. The summed E-state index contributed by atoms with van der Waals surface area (Å²) in [6.07, 6.45) is 14.3. The molecule has 0 saturated heterocycles. The van der Waals surface area contributed by atoms with Crippen molar-refractivity contribution in [3.8, 4) is 0 Å². The molecule has 0 amide bonds. The second kappa shape index (κ2) is 9.33. The molecule has 2 aliphatic carbocycles. The third kappa shape index (κ3) is 4.67. The fraction of sp³-hybridized carbons (Fsp3) is 0.750. The molecule has 0 radical (unpaired) electrons. The molecule has 1 aromatic rings. The van der Waals surface area contributed by atoms with E-state index in [0.717, 1.165) is 43.6 Å². The van der Waals surface area contributed by atoms with E-state index in [4.69, 9.17) is 0 Å². The molecule has 1 aromatic carbocycles. The maximum Gasteiger partial charge on any atom is 0.276 e. The highest BCUT2D eigenvalue weighted by atomic mass is 19.3. The van der Waals surface area contributed by atoms with Crippen LogP contribution in [-0.4, -0.2) is 0 Å². The van der Waals surface area contributed by atoms with E-state index in [1.165, 1.54) is 38.5 Å². The second-order valence-electron chi connectivity index (χ2n) is 8.76.